The van der Waals surface area contributed by atoms with Crippen LogP contribution in [-0.4, -0.2) is 29.3 Å². The van der Waals surface area contributed by atoms with Gasteiger partial charge in [0.2, 0.25) is 0 Å². The van der Waals surface area contributed by atoms with Gasteiger partial charge in [-0.05, 0) is 13.0 Å². The van der Waals surface area contributed by atoms with Crippen molar-refractivity contribution in [3.8, 4) is 0 Å². The van der Waals surface area contributed by atoms with E-state index in [4.69, 9.17) is 0 Å². The molecule has 0 spiro atoms. The topological polar surface area (TPSA) is 63.5 Å². The SMILES string of the molecule is C=C(C)CN(C)C(=O)c1cc(F)c(F)cc1[N+](=O)[O-]. The van der Waals surface area contributed by atoms with Crippen LogP contribution in [0.5, 0.6) is 0 Å². The predicted molar refractivity (Wildman–Crippen MR) is 64.8 cm³/mol. The Kier molecular flexibility index (Phi) is 4.31. The molecule has 0 bridgehead atoms. The fourth-order valence-corrected chi connectivity index (χ4v) is 1.54. The molecule has 0 fully saturated rings. The van der Waals surface area contributed by atoms with Gasteiger partial charge in [0.05, 0.1) is 11.0 Å². The van der Waals surface area contributed by atoms with Crippen molar-refractivity contribution in [1.82, 2.24) is 4.90 Å². The highest BCUT2D eigenvalue weighted by atomic mass is 19.2. The first-order valence-corrected chi connectivity index (χ1v) is 5.27. The highest BCUT2D eigenvalue weighted by Gasteiger charge is 2.25. The number of halogens is 2. The zero-order valence-electron chi connectivity index (χ0n) is 10.4. The van der Waals surface area contributed by atoms with Gasteiger partial charge < -0.3 is 4.90 Å². The van der Waals surface area contributed by atoms with Crippen LogP contribution < -0.4 is 0 Å². The summed E-state index contributed by atoms with van der Waals surface area (Å²) in [4.78, 5) is 22.9. The number of amides is 1. The van der Waals surface area contributed by atoms with Crippen molar-refractivity contribution in [1.29, 1.82) is 0 Å². The Morgan fingerprint density at radius 1 is 1.42 bits per heavy atom. The molecule has 1 amide bonds. The summed E-state index contributed by atoms with van der Waals surface area (Å²) < 4.78 is 26.1. The van der Waals surface area contributed by atoms with E-state index in [2.05, 4.69) is 6.58 Å². The molecule has 0 atom stereocenters. The van der Waals surface area contributed by atoms with Crippen LogP contribution in [0.2, 0.25) is 0 Å². The molecule has 0 aliphatic carbocycles. The second-order valence-corrected chi connectivity index (χ2v) is 4.16. The molecule has 7 heteroatoms. The lowest BCUT2D eigenvalue weighted by Crippen LogP contribution is -2.29. The molecule has 1 aromatic rings. The Balaban J connectivity index is 3.25. The first-order valence-electron chi connectivity index (χ1n) is 5.27. The molecule has 0 saturated carbocycles. The average Bonchev–Trinajstić information content (AvgIpc) is 2.29. The zero-order chi connectivity index (χ0) is 14.7. The number of likely N-dealkylation sites (N-methyl/N-ethyl adjacent to an activating group) is 1. The maximum atomic E-state index is 13.1. The van der Waals surface area contributed by atoms with E-state index in [1.54, 1.807) is 6.92 Å². The monoisotopic (exact) mass is 270 g/mol. The van der Waals surface area contributed by atoms with E-state index >= 15 is 0 Å². The van der Waals surface area contributed by atoms with E-state index < -0.39 is 33.7 Å². The third-order valence-electron chi connectivity index (χ3n) is 2.32. The second kappa shape index (κ2) is 5.55. The Hall–Kier alpha value is -2.31. The van der Waals surface area contributed by atoms with Gasteiger partial charge in [-0.25, -0.2) is 8.78 Å². The van der Waals surface area contributed by atoms with Gasteiger partial charge in [-0.2, -0.15) is 0 Å². The van der Waals surface area contributed by atoms with Gasteiger partial charge in [-0.1, -0.05) is 12.2 Å². The highest BCUT2D eigenvalue weighted by Crippen LogP contribution is 2.23. The normalized spacial score (nSPS) is 10.1. The standard InChI is InChI=1S/C12H12F2N2O3/c1-7(2)6-15(3)12(17)8-4-9(13)10(14)5-11(8)16(18)19/h4-5H,1,6H2,2-3H3. The third kappa shape index (κ3) is 3.34. The summed E-state index contributed by atoms with van der Waals surface area (Å²) in [6.45, 7) is 5.43. The molecule has 0 N–H and O–H groups in total. The lowest BCUT2D eigenvalue weighted by atomic mass is 10.1. The van der Waals surface area contributed by atoms with Crippen molar-refractivity contribution in [2.24, 2.45) is 0 Å². The van der Waals surface area contributed by atoms with Crippen LogP contribution in [0.25, 0.3) is 0 Å². The lowest BCUT2D eigenvalue weighted by molar-refractivity contribution is -0.385. The summed E-state index contributed by atoms with van der Waals surface area (Å²) in [6, 6.07) is 0.932. The van der Waals surface area contributed by atoms with Crippen molar-refractivity contribution < 1.29 is 18.5 Å². The molecule has 0 aromatic heterocycles. The predicted octanol–water partition coefficient (Wildman–Crippen LogP) is 2.52. The van der Waals surface area contributed by atoms with Crippen LogP contribution in [0, 0.1) is 21.7 Å². The molecule has 0 saturated heterocycles. The van der Waals surface area contributed by atoms with Gasteiger partial charge in [0.25, 0.3) is 11.6 Å². The van der Waals surface area contributed by atoms with Crippen LogP contribution in [0.3, 0.4) is 0 Å². The number of benzene rings is 1. The first-order chi connectivity index (χ1) is 8.73. The minimum Gasteiger partial charge on any atom is -0.338 e. The summed E-state index contributed by atoms with van der Waals surface area (Å²) in [6.07, 6.45) is 0. The molecule has 102 valence electrons. The average molecular weight is 270 g/mol. The van der Waals surface area contributed by atoms with E-state index in [0.717, 1.165) is 4.90 Å². The summed E-state index contributed by atoms with van der Waals surface area (Å²) in [7, 11) is 1.39. The van der Waals surface area contributed by atoms with E-state index in [0.29, 0.717) is 17.7 Å². The molecule has 0 unspecified atom stereocenters. The summed E-state index contributed by atoms with van der Waals surface area (Å²) in [5.74, 6) is -3.45. The van der Waals surface area contributed by atoms with Crippen molar-refractivity contribution in [3.63, 3.8) is 0 Å². The molecular formula is C12H12F2N2O3. The van der Waals surface area contributed by atoms with E-state index in [1.807, 2.05) is 0 Å². The second-order valence-electron chi connectivity index (χ2n) is 4.16. The molecular weight excluding hydrogens is 258 g/mol. The van der Waals surface area contributed by atoms with Crippen LogP contribution >= 0.6 is 0 Å². The van der Waals surface area contributed by atoms with Crippen LogP contribution in [0.15, 0.2) is 24.3 Å². The van der Waals surface area contributed by atoms with Gasteiger partial charge in [0, 0.05) is 13.6 Å². The number of rotatable bonds is 4. The van der Waals surface area contributed by atoms with Crippen LogP contribution in [0.1, 0.15) is 17.3 Å². The van der Waals surface area contributed by atoms with Crippen molar-refractivity contribution >= 4 is 11.6 Å². The van der Waals surface area contributed by atoms with Crippen molar-refractivity contribution in [2.45, 2.75) is 6.92 Å². The van der Waals surface area contributed by atoms with Gasteiger partial charge in [0.15, 0.2) is 11.6 Å². The number of carbonyl (C=O) groups excluding carboxylic acids is 1. The van der Waals surface area contributed by atoms with E-state index in [-0.39, 0.29) is 6.54 Å². The van der Waals surface area contributed by atoms with Crippen LogP contribution in [-0.2, 0) is 0 Å². The highest BCUT2D eigenvalue weighted by molar-refractivity contribution is 5.98. The Morgan fingerprint density at radius 2 is 1.95 bits per heavy atom. The summed E-state index contributed by atoms with van der Waals surface area (Å²) >= 11 is 0. The minimum atomic E-state index is -1.37. The zero-order valence-corrected chi connectivity index (χ0v) is 10.4. The molecule has 1 rings (SSSR count). The lowest BCUT2D eigenvalue weighted by Gasteiger charge is -2.17. The Labute approximate surface area is 108 Å². The largest absolute Gasteiger partial charge is 0.338 e. The number of hydrogen-bond donors (Lipinski definition) is 0. The number of carbonyl (C=O) groups is 1. The smallest absolute Gasteiger partial charge is 0.285 e. The van der Waals surface area contributed by atoms with Crippen LogP contribution in [0.4, 0.5) is 14.5 Å². The number of hydrogen-bond acceptors (Lipinski definition) is 3. The van der Waals surface area contributed by atoms with Gasteiger partial charge in [-0.15, -0.1) is 0 Å². The fourth-order valence-electron chi connectivity index (χ4n) is 1.54. The first kappa shape index (κ1) is 14.7. The Bertz CT molecular complexity index is 558. The van der Waals surface area contributed by atoms with Gasteiger partial charge >= 0.3 is 0 Å². The third-order valence-corrected chi connectivity index (χ3v) is 2.32. The van der Waals surface area contributed by atoms with Gasteiger partial charge in [-0.3, -0.25) is 14.9 Å². The summed E-state index contributed by atoms with van der Waals surface area (Å²) in [5.41, 5.74) is -0.605. The molecule has 1 aromatic carbocycles. The van der Waals surface area contributed by atoms with Gasteiger partial charge in [0.1, 0.15) is 5.56 Å². The summed E-state index contributed by atoms with van der Waals surface area (Å²) in [5, 5.41) is 10.8. The molecule has 19 heavy (non-hydrogen) atoms. The molecule has 0 aliphatic rings. The van der Waals surface area contributed by atoms with E-state index in [9.17, 15) is 23.7 Å². The van der Waals surface area contributed by atoms with Crippen molar-refractivity contribution in [3.05, 3.63) is 51.6 Å². The Morgan fingerprint density at radius 3 is 2.42 bits per heavy atom. The minimum absolute atomic E-state index is 0.162. The number of nitro benzene ring substituents is 1. The number of nitro groups is 1. The molecule has 0 heterocycles. The number of nitrogens with zero attached hydrogens (tertiary/aromatic N) is 2. The fraction of sp³-hybridized carbons (Fsp3) is 0.250. The molecule has 0 radical (unpaired) electrons. The van der Waals surface area contributed by atoms with Crippen molar-refractivity contribution in [2.75, 3.05) is 13.6 Å². The quantitative estimate of drug-likeness (QED) is 0.479. The van der Waals surface area contributed by atoms with E-state index in [1.165, 1.54) is 7.05 Å². The molecule has 0 aliphatic heterocycles. The molecule has 5 nitrogen and oxygen atoms in total. The maximum absolute atomic E-state index is 13.1. The maximum Gasteiger partial charge on any atom is 0.285 e.